The molecule has 0 N–H and O–H groups in total. The predicted octanol–water partition coefficient (Wildman–Crippen LogP) is 7.26. The Labute approximate surface area is 152 Å². The quantitative estimate of drug-likeness (QED) is 0.449. The van der Waals surface area contributed by atoms with E-state index in [-0.39, 0.29) is 11.8 Å². The van der Waals surface area contributed by atoms with Crippen LogP contribution in [0.5, 0.6) is 0 Å². The summed E-state index contributed by atoms with van der Waals surface area (Å²) in [5, 5.41) is 0. The molecule has 4 heteroatoms. The van der Waals surface area contributed by atoms with Crippen LogP contribution in [0.25, 0.3) is 0 Å². The third-order valence-electron chi connectivity index (χ3n) is 6.33. The Morgan fingerprint density at radius 1 is 0.720 bits per heavy atom. The van der Waals surface area contributed by atoms with Gasteiger partial charge in [-0.15, -0.1) is 0 Å². The Hall–Kier alpha value is -0.280. The summed E-state index contributed by atoms with van der Waals surface area (Å²) in [5.74, 6) is -1.85. The maximum Gasteiger partial charge on any atom is 0.135 e. The smallest absolute Gasteiger partial charge is 0.135 e. The summed E-state index contributed by atoms with van der Waals surface area (Å²) in [6.07, 6.45) is 0.00411. The van der Waals surface area contributed by atoms with E-state index < -0.39 is 42.4 Å². The molecule has 0 bridgehead atoms. The van der Waals surface area contributed by atoms with E-state index in [0.717, 1.165) is 25.7 Å². The summed E-state index contributed by atoms with van der Waals surface area (Å²) < 4.78 is 57.6. The van der Waals surface area contributed by atoms with Gasteiger partial charge >= 0.3 is 0 Å². The lowest BCUT2D eigenvalue weighted by atomic mass is 9.66. The van der Waals surface area contributed by atoms with E-state index in [9.17, 15) is 17.6 Å². The van der Waals surface area contributed by atoms with Crippen LogP contribution in [0.15, 0.2) is 0 Å². The topological polar surface area (TPSA) is 0 Å². The predicted molar refractivity (Wildman–Crippen MR) is 97.7 cm³/mol. The Morgan fingerprint density at radius 3 is 1.80 bits per heavy atom. The van der Waals surface area contributed by atoms with Crippen molar-refractivity contribution in [3.05, 3.63) is 0 Å². The van der Waals surface area contributed by atoms with Crippen molar-refractivity contribution in [3.8, 4) is 0 Å². The number of halogens is 4. The Balaban J connectivity index is 0.00000151. The summed E-state index contributed by atoms with van der Waals surface area (Å²) in [6, 6.07) is 0. The minimum absolute atomic E-state index is 0.224. The summed E-state index contributed by atoms with van der Waals surface area (Å²) in [4.78, 5) is 0. The molecule has 0 aromatic heterocycles. The molecule has 7 unspecified atom stereocenters. The van der Waals surface area contributed by atoms with Crippen molar-refractivity contribution < 1.29 is 17.6 Å². The first-order chi connectivity index (χ1) is 11.8. The second-order valence-electron chi connectivity index (χ2n) is 8.18. The Kier molecular flexibility index (Phi) is 9.80. The monoisotopic (exact) mass is 366 g/mol. The van der Waals surface area contributed by atoms with Gasteiger partial charge in [0.15, 0.2) is 0 Å². The molecule has 0 aromatic carbocycles. The lowest BCUT2D eigenvalue weighted by Gasteiger charge is -2.43. The van der Waals surface area contributed by atoms with Gasteiger partial charge in [-0.1, -0.05) is 66.7 Å². The molecule has 0 spiro atoms. The number of hydrogen-bond acceptors (Lipinski definition) is 0. The highest BCUT2D eigenvalue weighted by Gasteiger charge is 2.47. The van der Waals surface area contributed by atoms with Gasteiger partial charge in [0.1, 0.15) is 24.7 Å². The fraction of sp³-hybridized carbons (Fsp3) is 1.00. The van der Waals surface area contributed by atoms with E-state index in [2.05, 4.69) is 0 Å². The summed E-state index contributed by atoms with van der Waals surface area (Å²) >= 11 is 0. The first-order valence-corrected chi connectivity index (χ1v) is 10.4. The molecule has 2 rings (SSSR count). The average molecular weight is 367 g/mol. The van der Waals surface area contributed by atoms with Gasteiger partial charge < -0.3 is 0 Å². The van der Waals surface area contributed by atoms with Gasteiger partial charge in [0.05, 0.1) is 0 Å². The Bertz CT molecular complexity index is 354. The van der Waals surface area contributed by atoms with Crippen LogP contribution in [0, 0.1) is 29.6 Å². The molecule has 0 aromatic rings. The van der Waals surface area contributed by atoms with Gasteiger partial charge in [0.25, 0.3) is 0 Å². The summed E-state index contributed by atoms with van der Waals surface area (Å²) in [6.45, 7) is 8.79. The van der Waals surface area contributed by atoms with Crippen molar-refractivity contribution >= 4 is 0 Å². The van der Waals surface area contributed by atoms with Crippen LogP contribution in [0.2, 0.25) is 0 Å². The van der Waals surface area contributed by atoms with Crippen LogP contribution in [-0.4, -0.2) is 24.7 Å². The number of hydrogen-bond donors (Lipinski definition) is 0. The largest absolute Gasteiger partial charge is 0.244 e. The zero-order valence-electron chi connectivity index (χ0n) is 16.7. The SMILES string of the molecule is CC.CC(C)C(F)C(F)C(C)C1CCC(C2CCCCC2)C(F)C1F. The molecular weight excluding hydrogens is 328 g/mol. The van der Waals surface area contributed by atoms with Crippen LogP contribution >= 0.6 is 0 Å². The average Bonchev–Trinajstić information content (AvgIpc) is 2.64. The molecule has 0 aliphatic heterocycles. The second kappa shape index (κ2) is 10.8. The fourth-order valence-corrected chi connectivity index (χ4v) is 4.68. The number of rotatable bonds is 5. The van der Waals surface area contributed by atoms with Gasteiger partial charge in [-0.2, -0.15) is 0 Å². The maximum atomic E-state index is 14.7. The lowest BCUT2D eigenvalue weighted by Crippen LogP contribution is -2.46. The van der Waals surface area contributed by atoms with Crippen molar-refractivity contribution in [2.24, 2.45) is 29.6 Å². The van der Waals surface area contributed by atoms with Gasteiger partial charge in [0, 0.05) is 0 Å². The zero-order valence-corrected chi connectivity index (χ0v) is 16.7. The van der Waals surface area contributed by atoms with E-state index in [1.54, 1.807) is 20.8 Å². The van der Waals surface area contributed by atoms with E-state index in [0.29, 0.717) is 12.8 Å². The van der Waals surface area contributed by atoms with Crippen molar-refractivity contribution in [1.82, 2.24) is 0 Å². The van der Waals surface area contributed by atoms with Gasteiger partial charge in [-0.25, -0.2) is 17.6 Å². The molecule has 25 heavy (non-hydrogen) atoms. The molecule has 0 amide bonds. The minimum atomic E-state index is -1.71. The molecule has 2 saturated carbocycles. The molecular formula is C21H38F4. The molecule has 7 atom stereocenters. The lowest BCUT2D eigenvalue weighted by molar-refractivity contribution is -0.0485. The van der Waals surface area contributed by atoms with Crippen LogP contribution in [0.3, 0.4) is 0 Å². The standard InChI is InChI=1S/C19H32F4.C2H6/c1-11(2)16(20)17(21)12(3)14-9-10-15(19(23)18(14)22)13-7-5-4-6-8-13;1-2/h11-19H,4-10H2,1-3H3;1-2H3. The van der Waals surface area contributed by atoms with Crippen molar-refractivity contribution in [2.75, 3.05) is 0 Å². The molecule has 150 valence electrons. The van der Waals surface area contributed by atoms with Gasteiger partial charge in [-0.3, -0.25) is 0 Å². The van der Waals surface area contributed by atoms with E-state index in [1.807, 2.05) is 13.8 Å². The summed E-state index contributed by atoms with van der Waals surface area (Å²) in [5.41, 5.74) is 0. The highest BCUT2D eigenvalue weighted by atomic mass is 19.2. The molecule has 2 fully saturated rings. The minimum Gasteiger partial charge on any atom is -0.244 e. The molecule has 0 saturated heterocycles. The van der Waals surface area contributed by atoms with Crippen LogP contribution in [0.1, 0.15) is 79.6 Å². The highest BCUT2D eigenvalue weighted by Crippen LogP contribution is 2.45. The fourth-order valence-electron chi connectivity index (χ4n) is 4.68. The molecule has 2 aliphatic rings. The van der Waals surface area contributed by atoms with Gasteiger partial charge in [0.2, 0.25) is 0 Å². The highest BCUT2D eigenvalue weighted by molar-refractivity contribution is 4.95. The molecule has 0 radical (unpaired) electrons. The molecule has 0 nitrogen and oxygen atoms in total. The van der Waals surface area contributed by atoms with Gasteiger partial charge in [-0.05, 0) is 42.4 Å². The first kappa shape index (κ1) is 22.8. The summed E-state index contributed by atoms with van der Waals surface area (Å²) in [7, 11) is 0. The second-order valence-corrected chi connectivity index (χ2v) is 8.18. The zero-order chi connectivity index (χ0) is 19.1. The van der Waals surface area contributed by atoms with Crippen molar-refractivity contribution in [1.29, 1.82) is 0 Å². The first-order valence-electron chi connectivity index (χ1n) is 10.4. The number of alkyl halides is 4. The van der Waals surface area contributed by atoms with Crippen LogP contribution < -0.4 is 0 Å². The van der Waals surface area contributed by atoms with E-state index in [4.69, 9.17) is 0 Å². The third kappa shape index (κ3) is 5.60. The van der Waals surface area contributed by atoms with E-state index in [1.165, 1.54) is 6.42 Å². The maximum absolute atomic E-state index is 14.7. The normalized spacial score (nSPS) is 34.8. The molecule has 0 heterocycles. The van der Waals surface area contributed by atoms with E-state index >= 15 is 0 Å². The van der Waals surface area contributed by atoms with Crippen molar-refractivity contribution in [3.63, 3.8) is 0 Å². The Morgan fingerprint density at radius 2 is 1.28 bits per heavy atom. The van der Waals surface area contributed by atoms with Crippen LogP contribution in [0.4, 0.5) is 17.6 Å². The van der Waals surface area contributed by atoms with Crippen LogP contribution in [-0.2, 0) is 0 Å². The molecule has 2 aliphatic carbocycles. The third-order valence-corrected chi connectivity index (χ3v) is 6.33. The van der Waals surface area contributed by atoms with Crippen molar-refractivity contribution in [2.45, 2.75) is 104 Å².